The second-order valence-corrected chi connectivity index (χ2v) is 5.64. The second kappa shape index (κ2) is 6.60. The highest BCUT2D eigenvalue weighted by atomic mass is 16.5. The van der Waals surface area contributed by atoms with Crippen molar-refractivity contribution in [3.8, 4) is 17.2 Å². The largest absolute Gasteiger partial charge is 0.484 e. The van der Waals surface area contributed by atoms with E-state index in [1.165, 1.54) is 12.8 Å². The molecule has 1 aromatic heterocycles. The Balaban J connectivity index is 1.54. The summed E-state index contributed by atoms with van der Waals surface area (Å²) in [5.41, 5.74) is 0.820. The van der Waals surface area contributed by atoms with Crippen LogP contribution in [0.15, 0.2) is 35.1 Å². The van der Waals surface area contributed by atoms with E-state index in [-0.39, 0.29) is 12.5 Å². The van der Waals surface area contributed by atoms with Gasteiger partial charge in [0, 0.05) is 18.7 Å². The normalized spacial score (nSPS) is 18.2. The van der Waals surface area contributed by atoms with E-state index in [0.717, 1.165) is 25.1 Å². The van der Waals surface area contributed by atoms with Gasteiger partial charge >= 0.3 is 0 Å². The van der Waals surface area contributed by atoms with Gasteiger partial charge in [0.2, 0.25) is 12.3 Å². The fourth-order valence-corrected chi connectivity index (χ4v) is 2.64. The lowest BCUT2D eigenvalue weighted by Gasteiger charge is -2.30. The van der Waals surface area contributed by atoms with Crippen LogP contribution in [0.4, 0.5) is 0 Å². The lowest BCUT2D eigenvalue weighted by atomic mass is 10.0. The molecule has 2 heterocycles. The summed E-state index contributed by atoms with van der Waals surface area (Å²) in [5, 5.41) is 7.48. The molecule has 22 heavy (non-hydrogen) atoms. The third kappa shape index (κ3) is 3.44. The zero-order chi connectivity index (χ0) is 15.4. The zero-order valence-corrected chi connectivity index (χ0v) is 12.6. The molecule has 1 saturated heterocycles. The number of hydrogen-bond donors (Lipinski definition) is 0. The summed E-state index contributed by atoms with van der Waals surface area (Å²) in [5.74, 6) is 1.74. The maximum atomic E-state index is 12.1. The fourth-order valence-electron chi connectivity index (χ4n) is 2.64. The number of benzene rings is 1. The smallest absolute Gasteiger partial charge is 0.260 e. The number of piperidine rings is 1. The van der Waals surface area contributed by atoms with Crippen LogP contribution in [0, 0.1) is 5.92 Å². The van der Waals surface area contributed by atoms with E-state index in [9.17, 15) is 4.79 Å². The van der Waals surface area contributed by atoms with Crippen molar-refractivity contribution in [2.75, 3.05) is 19.7 Å². The molecule has 6 heteroatoms. The summed E-state index contributed by atoms with van der Waals surface area (Å²) < 4.78 is 10.7. The number of likely N-dealkylation sites (tertiary alicyclic amines) is 1. The van der Waals surface area contributed by atoms with Gasteiger partial charge in [0.25, 0.3) is 5.91 Å². The van der Waals surface area contributed by atoms with Crippen molar-refractivity contribution in [3.05, 3.63) is 30.7 Å². The first-order chi connectivity index (χ1) is 10.7. The average Bonchev–Trinajstić information content (AvgIpc) is 3.07. The molecule has 0 aliphatic carbocycles. The number of rotatable bonds is 4. The first-order valence-corrected chi connectivity index (χ1v) is 7.49. The molecule has 116 valence electrons. The molecule has 1 fully saturated rings. The van der Waals surface area contributed by atoms with Crippen molar-refractivity contribution in [2.24, 2.45) is 5.92 Å². The first-order valence-electron chi connectivity index (χ1n) is 7.49. The van der Waals surface area contributed by atoms with E-state index in [1.807, 2.05) is 17.0 Å². The SMILES string of the molecule is C[C@H]1CCCN(C(=O)COc2ccc(-c3nnco3)cc2)C1. The molecule has 0 saturated carbocycles. The Labute approximate surface area is 129 Å². The molecule has 1 aromatic carbocycles. The number of carbonyl (C=O) groups is 1. The van der Waals surface area contributed by atoms with Crippen molar-refractivity contribution >= 4 is 5.91 Å². The van der Waals surface area contributed by atoms with E-state index in [2.05, 4.69) is 17.1 Å². The highest BCUT2D eigenvalue weighted by Crippen LogP contribution is 2.20. The third-order valence-electron chi connectivity index (χ3n) is 3.83. The van der Waals surface area contributed by atoms with Crippen LogP contribution in [0.25, 0.3) is 11.5 Å². The van der Waals surface area contributed by atoms with E-state index < -0.39 is 0 Å². The van der Waals surface area contributed by atoms with Gasteiger partial charge in [-0.2, -0.15) is 0 Å². The van der Waals surface area contributed by atoms with Gasteiger partial charge in [-0.15, -0.1) is 10.2 Å². The summed E-state index contributed by atoms with van der Waals surface area (Å²) >= 11 is 0. The van der Waals surface area contributed by atoms with Crippen LogP contribution in [0.5, 0.6) is 5.75 Å². The number of carbonyl (C=O) groups excluding carboxylic acids is 1. The molecule has 0 spiro atoms. The number of amides is 1. The highest BCUT2D eigenvalue weighted by Gasteiger charge is 2.21. The van der Waals surface area contributed by atoms with Gasteiger partial charge in [0.1, 0.15) is 5.75 Å². The number of nitrogens with zero attached hydrogens (tertiary/aromatic N) is 3. The number of aromatic nitrogens is 2. The lowest BCUT2D eigenvalue weighted by molar-refractivity contribution is -0.135. The Morgan fingerprint density at radius 2 is 2.23 bits per heavy atom. The fraction of sp³-hybridized carbons (Fsp3) is 0.438. The molecule has 3 rings (SSSR count). The van der Waals surface area contributed by atoms with Gasteiger partial charge in [-0.05, 0) is 43.0 Å². The van der Waals surface area contributed by atoms with Crippen LogP contribution in [-0.4, -0.2) is 40.7 Å². The summed E-state index contributed by atoms with van der Waals surface area (Å²) in [6.45, 7) is 3.92. The predicted molar refractivity (Wildman–Crippen MR) is 80.2 cm³/mol. The molecule has 6 nitrogen and oxygen atoms in total. The minimum absolute atomic E-state index is 0.0486. The Morgan fingerprint density at radius 1 is 1.41 bits per heavy atom. The van der Waals surface area contributed by atoms with Gasteiger partial charge in [0.15, 0.2) is 6.61 Å². The van der Waals surface area contributed by atoms with Crippen molar-refractivity contribution < 1.29 is 13.9 Å². The quantitative estimate of drug-likeness (QED) is 0.867. The molecular weight excluding hydrogens is 282 g/mol. The Morgan fingerprint density at radius 3 is 2.91 bits per heavy atom. The average molecular weight is 301 g/mol. The Bertz CT molecular complexity index is 610. The van der Waals surface area contributed by atoms with Gasteiger partial charge in [-0.25, -0.2) is 0 Å². The summed E-state index contributed by atoms with van der Waals surface area (Å²) in [6, 6.07) is 7.25. The number of ether oxygens (including phenoxy) is 1. The van der Waals surface area contributed by atoms with Crippen LogP contribution in [0.1, 0.15) is 19.8 Å². The molecular formula is C16H19N3O3. The van der Waals surface area contributed by atoms with Crippen molar-refractivity contribution in [2.45, 2.75) is 19.8 Å². The monoisotopic (exact) mass is 301 g/mol. The van der Waals surface area contributed by atoms with E-state index >= 15 is 0 Å². The molecule has 1 aliphatic heterocycles. The molecule has 2 aromatic rings. The standard InChI is InChI=1S/C16H19N3O3/c1-12-3-2-8-19(9-12)15(20)10-21-14-6-4-13(5-7-14)16-18-17-11-22-16/h4-7,11-12H,2-3,8-10H2,1H3/t12-/m0/s1. The van der Waals surface area contributed by atoms with Crippen LogP contribution >= 0.6 is 0 Å². The van der Waals surface area contributed by atoms with Crippen molar-refractivity contribution in [1.29, 1.82) is 0 Å². The van der Waals surface area contributed by atoms with Crippen molar-refractivity contribution in [3.63, 3.8) is 0 Å². The van der Waals surface area contributed by atoms with Gasteiger partial charge in [-0.3, -0.25) is 4.79 Å². The molecule has 1 aliphatic rings. The maximum absolute atomic E-state index is 12.1. The van der Waals surface area contributed by atoms with Crippen LogP contribution in [0.2, 0.25) is 0 Å². The summed E-state index contributed by atoms with van der Waals surface area (Å²) in [4.78, 5) is 14.0. The summed E-state index contributed by atoms with van der Waals surface area (Å²) in [7, 11) is 0. The zero-order valence-electron chi connectivity index (χ0n) is 12.6. The first kappa shape index (κ1) is 14.6. The van der Waals surface area contributed by atoms with E-state index in [4.69, 9.17) is 9.15 Å². The predicted octanol–water partition coefficient (Wildman–Crippen LogP) is 2.37. The third-order valence-corrected chi connectivity index (χ3v) is 3.83. The lowest BCUT2D eigenvalue weighted by Crippen LogP contribution is -2.41. The molecule has 1 amide bonds. The van der Waals surface area contributed by atoms with Crippen LogP contribution < -0.4 is 4.74 Å². The van der Waals surface area contributed by atoms with Crippen molar-refractivity contribution in [1.82, 2.24) is 15.1 Å². The maximum Gasteiger partial charge on any atom is 0.260 e. The van der Waals surface area contributed by atoms with Gasteiger partial charge in [-0.1, -0.05) is 6.92 Å². The van der Waals surface area contributed by atoms with Gasteiger partial charge in [0.05, 0.1) is 0 Å². The van der Waals surface area contributed by atoms with Crippen LogP contribution in [0.3, 0.4) is 0 Å². The minimum atomic E-state index is 0.0486. The molecule has 0 radical (unpaired) electrons. The van der Waals surface area contributed by atoms with Gasteiger partial charge < -0.3 is 14.1 Å². The molecule has 0 bridgehead atoms. The molecule has 0 unspecified atom stereocenters. The molecule has 0 N–H and O–H groups in total. The van der Waals surface area contributed by atoms with Crippen LogP contribution in [-0.2, 0) is 4.79 Å². The number of hydrogen-bond acceptors (Lipinski definition) is 5. The summed E-state index contributed by atoms with van der Waals surface area (Å²) in [6.07, 6.45) is 3.56. The van der Waals surface area contributed by atoms with E-state index in [1.54, 1.807) is 12.1 Å². The second-order valence-electron chi connectivity index (χ2n) is 5.64. The highest BCUT2D eigenvalue weighted by molar-refractivity contribution is 5.77. The Hall–Kier alpha value is -2.37. The van der Waals surface area contributed by atoms with E-state index in [0.29, 0.717) is 17.6 Å². The minimum Gasteiger partial charge on any atom is -0.484 e. The molecule has 1 atom stereocenters. The topological polar surface area (TPSA) is 68.5 Å². The Kier molecular flexibility index (Phi) is 4.37.